The van der Waals surface area contributed by atoms with Gasteiger partial charge in [0.15, 0.2) is 0 Å². The van der Waals surface area contributed by atoms with Gasteiger partial charge in [0.05, 0.1) is 13.5 Å². The summed E-state index contributed by atoms with van der Waals surface area (Å²) >= 11 is 3.31. The van der Waals surface area contributed by atoms with Crippen molar-refractivity contribution in [2.24, 2.45) is 5.73 Å². The Morgan fingerprint density at radius 1 is 1.55 bits per heavy atom. The molecule has 22 heavy (non-hydrogen) atoms. The number of amides is 1. The second-order valence-corrected chi connectivity index (χ2v) is 7.67. The molecule has 1 aliphatic rings. The van der Waals surface area contributed by atoms with Crippen LogP contribution in [0.5, 0.6) is 0 Å². The first-order valence-electron chi connectivity index (χ1n) is 6.41. The van der Waals surface area contributed by atoms with Gasteiger partial charge < -0.3 is 10.5 Å². The van der Waals surface area contributed by atoms with Gasteiger partial charge in [-0.15, -0.1) is 0 Å². The Kier molecular flexibility index (Phi) is 4.88. The van der Waals surface area contributed by atoms with E-state index in [1.54, 1.807) is 18.2 Å². The molecule has 0 saturated carbocycles. The molecule has 1 saturated heterocycles. The van der Waals surface area contributed by atoms with E-state index in [9.17, 15) is 18.0 Å². The summed E-state index contributed by atoms with van der Waals surface area (Å²) in [6, 6.07) is 4.20. The van der Waals surface area contributed by atoms with Crippen molar-refractivity contribution >= 4 is 37.8 Å². The highest BCUT2D eigenvalue weighted by Crippen LogP contribution is 2.35. The standard InChI is InChI=1S/C13H15BrN2O5S/c1-21-13(18)10(15)5-7-2-3-8(9(14)4-7)11-6-12(17)16-22(11,19)20/h2-4,10-11H,5-6,15H2,1H3,(H,16,17)/t10-,11?/m0/s1. The highest BCUT2D eigenvalue weighted by atomic mass is 79.9. The average Bonchev–Trinajstić information content (AvgIpc) is 2.70. The van der Waals surface area contributed by atoms with Crippen molar-refractivity contribution in [3.63, 3.8) is 0 Å². The Morgan fingerprint density at radius 3 is 2.73 bits per heavy atom. The number of rotatable bonds is 4. The molecule has 3 N–H and O–H groups in total. The summed E-state index contributed by atoms with van der Waals surface area (Å²) in [5.41, 5.74) is 6.94. The lowest BCUT2D eigenvalue weighted by Crippen LogP contribution is -2.33. The summed E-state index contributed by atoms with van der Waals surface area (Å²) in [6.07, 6.45) is 0.155. The molecule has 120 valence electrons. The normalized spacial score (nSPS) is 21.2. The zero-order valence-electron chi connectivity index (χ0n) is 11.7. The van der Waals surface area contributed by atoms with Gasteiger partial charge in [-0.1, -0.05) is 28.1 Å². The van der Waals surface area contributed by atoms with E-state index in [-0.39, 0.29) is 12.8 Å². The highest BCUT2D eigenvalue weighted by molar-refractivity contribution is 9.10. The van der Waals surface area contributed by atoms with E-state index in [2.05, 4.69) is 20.7 Å². The number of sulfonamides is 1. The van der Waals surface area contributed by atoms with E-state index in [4.69, 9.17) is 5.73 Å². The Bertz CT molecular complexity index is 719. The minimum Gasteiger partial charge on any atom is -0.468 e. The van der Waals surface area contributed by atoms with Gasteiger partial charge in [-0.05, 0) is 23.6 Å². The van der Waals surface area contributed by atoms with Gasteiger partial charge in [0.25, 0.3) is 0 Å². The van der Waals surface area contributed by atoms with Crippen LogP contribution in [-0.4, -0.2) is 33.4 Å². The molecule has 1 heterocycles. The van der Waals surface area contributed by atoms with Crippen LogP contribution in [0.15, 0.2) is 22.7 Å². The third-order valence-corrected chi connectivity index (χ3v) is 5.74. The predicted molar refractivity (Wildman–Crippen MR) is 82.3 cm³/mol. The van der Waals surface area contributed by atoms with Crippen LogP contribution in [0.25, 0.3) is 0 Å². The molecule has 1 aliphatic heterocycles. The molecule has 1 fully saturated rings. The van der Waals surface area contributed by atoms with Crippen LogP contribution >= 0.6 is 15.9 Å². The number of halogens is 1. The fourth-order valence-corrected chi connectivity index (χ4v) is 4.58. The van der Waals surface area contributed by atoms with Crippen molar-refractivity contribution in [3.8, 4) is 0 Å². The third-order valence-electron chi connectivity index (χ3n) is 3.37. The van der Waals surface area contributed by atoms with Crippen molar-refractivity contribution in [1.82, 2.24) is 4.72 Å². The number of ether oxygens (including phenoxy) is 1. The fraction of sp³-hybridized carbons (Fsp3) is 0.385. The van der Waals surface area contributed by atoms with Crippen LogP contribution in [0, 0.1) is 0 Å². The maximum absolute atomic E-state index is 11.9. The number of hydrogen-bond acceptors (Lipinski definition) is 6. The van der Waals surface area contributed by atoms with Crippen molar-refractivity contribution in [2.45, 2.75) is 24.1 Å². The monoisotopic (exact) mass is 390 g/mol. The van der Waals surface area contributed by atoms with E-state index < -0.39 is 33.2 Å². The Labute approximate surface area is 136 Å². The summed E-state index contributed by atoms with van der Waals surface area (Å²) in [7, 11) is -2.43. The van der Waals surface area contributed by atoms with E-state index in [0.717, 1.165) is 5.56 Å². The summed E-state index contributed by atoms with van der Waals surface area (Å²) in [5, 5.41) is -0.919. The van der Waals surface area contributed by atoms with Crippen LogP contribution in [0.3, 0.4) is 0 Å². The SMILES string of the molecule is COC(=O)[C@@H](N)Cc1ccc(C2CC(=O)NS2(=O)=O)c(Br)c1. The number of nitrogens with two attached hydrogens (primary N) is 1. The van der Waals surface area contributed by atoms with Gasteiger partial charge in [-0.3, -0.25) is 14.3 Å². The molecule has 7 nitrogen and oxygen atoms in total. The molecular weight excluding hydrogens is 376 g/mol. The van der Waals surface area contributed by atoms with Crippen LogP contribution in [0.1, 0.15) is 22.8 Å². The molecule has 1 aromatic carbocycles. The minimum absolute atomic E-state index is 0.109. The largest absolute Gasteiger partial charge is 0.468 e. The average molecular weight is 391 g/mol. The van der Waals surface area contributed by atoms with Crippen molar-refractivity contribution < 1.29 is 22.7 Å². The quantitative estimate of drug-likeness (QED) is 0.718. The molecule has 0 bridgehead atoms. The second-order valence-electron chi connectivity index (χ2n) is 4.95. The fourth-order valence-electron chi connectivity index (χ4n) is 2.27. The molecule has 1 unspecified atom stereocenters. The topological polar surface area (TPSA) is 116 Å². The number of esters is 1. The number of nitrogens with one attached hydrogen (secondary N) is 1. The van der Waals surface area contributed by atoms with Crippen LogP contribution in [-0.2, 0) is 30.8 Å². The summed E-state index contributed by atoms with van der Waals surface area (Å²) in [5.74, 6) is -1.04. The summed E-state index contributed by atoms with van der Waals surface area (Å²) < 4.78 is 30.8. The Balaban J connectivity index is 2.24. The zero-order chi connectivity index (χ0) is 16.5. The first kappa shape index (κ1) is 16.9. The van der Waals surface area contributed by atoms with Crippen LogP contribution in [0.2, 0.25) is 0 Å². The molecule has 0 spiro atoms. The number of carbonyl (C=O) groups is 2. The Morgan fingerprint density at radius 2 is 2.23 bits per heavy atom. The first-order valence-corrected chi connectivity index (χ1v) is 8.74. The van der Waals surface area contributed by atoms with E-state index in [0.29, 0.717) is 10.0 Å². The molecule has 0 radical (unpaired) electrons. The van der Waals surface area contributed by atoms with Crippen molar-refractivity contribution in [1.29, 1.82) is 0 Å². The molecule has 1 aromatic rings. The maximum Gasteiger partial charge on any atom is 0.322 e. The molecule has 0 aromatic heterocycles. The molecule has 2 rings (SSSR count). The summed E-state index contributed by atoms with van der Waals surface area (Å²) in [4.78, 5) is 22.6. The second kappa shape index (κ2) is 6.35. The number of methoxy groups -OCH3 is 1. The van der Waals surface area contributed by atoms with Gasteiger partial charge in [0.2, 0.25) is 15.9 Å². The van der Waals surface area contributed by atoms with Gasteiger partial charge in [-0.25, -0.2) is 8.42 Å². The van der Waals surface area contributed by atoms with E-state index in [1.165, 1.54) is 7.11 Å². The Hall–Kier alpha value is -1.45. The van der Waals surface area contributed by atoms with E-state index in [1.807, 2.05) is 4.72 Å². The first-order chi connectivity index (χ1) is 10.2. The lowest BCUT2D eigenvalue weighted by atomic mass is 10.0. The smallest absolute Gasteiger partial charge is 0.322 e. The molecule has 9 heteroatoms. The maximum atomic E-state index is 11.9. The lowest BCUT2D eigenvalue weighted by molar-refractivity contribution is -0.142. The van der Waals surface area contributed by atoms with Gasteiger partial charge in [0.1, 0.15) is 11.3 Å². The van der Waals surface area contributed by atoms with Crippen LogP contribution in [0.4, 0.5) is 0 Å². The minimum atomic E-state index is -3.69. The number of hydrogen-bond donors (Lipinski definition) is 2. The van der Waals surface area contributed by atoms with Crippen molar-refractivity contribution in [2.75, 3.05) is 7.11 Å². The van der Waals surface area contributed by atoms with Crippen molar-refractivity contribution in [3.05, 3.63) is 33.8 Å². The number of benzene rings is 1. The zero-order valence-corrected chi connectivity index (χ0v) is 14.1. The third kappa shape index (κ3) is 3.47. The van der Waals surface area contributed by atoms with E-state index >= 15 is 0 Å². The molecular formula is C13H15BrN2O5S. The highest BCUT2D eigenvalue weighted by Gasteiger charge is 2.38. The summed E-state index contributed by atoms with van der Waals surface area (Å²) in [6.45, 7) is 0. The van der Waals surface area contributed by atoms with Gasteiger partial charge in [-0.2, -0.15) is 0 Å². The predicted octanol–water partition coefficient (Wildman–Crippen LogP) is 0.383. The van der Waals surface area contributed by atoms with Gasteiger partial charge in [0, 0.05) is 4.47 Å². The van der Waals surface area contributed by atoms with Crippen LogP contribution < -0.4 is 10.5 Å². The number of carbonyl (C=O) groups excluding carboxylic acids is 2. The molecule has 1 amide bonds. The molecule has 2 atom stereocenters. The lowest BCUT2D eigenvalue weighted by Gasteiger charge is -2.13. The molecule has 0 aliphatic carbocycles. The van der Waals surface area contributed by atoms with Gasteiger partial charge >= 0.3 is 5.97 Å².